The minimum absolute atomic E-state index is 0.0989. The largest absolute Gasteiger partial charge is 0.573 e. The Kier molecular flexibility index (Phi) is 3.32. The van der Waals surface area contributed by atoms with E-state index in [-0.39, 0.29) is 23.4 Å². The third kappa shape index (κ3) is 2.66. The Balaban J connectivity index is 2.31. The maximum Gasteiger partial charge on any atom is 0.573 e. The van der Waals surface area contributed by atoms with E-state index in [4.69, 9.17) is 0 Å². The molecule has 2 rings (SSSR count). The van der Waals surface area contributed by atoms with Crippen LogP contribution in [0, 0.1) is 5.92 Å². The zero-order valence-electron chi connectivity index (χ0n) is 9.83. The van der Waals surface area contributed by atoms with Gasteiger partial charge in [0.05, 0.1) is 0 Å². The van der Waals surface area contributed by atoms with Crippen molar-refractivity contribution in [3.63, 3.8) is 0 Å². The predicted octanol–water partition coefficient (Wildman–Crippen LogP) is 3.67. The van der Waals surface area contributed by atoms with E-state index in [0.717, 1.165) is 0 Å². The van der Waals surface area contributed by atoms with E-state index >= 15 is 0 Å². The Bertz CT molecular complexity index is 454. The van der Waals surface area contributed by atoms with Crippen LogP contribution in [0.15, 0.2) is 24.3 Å². The Morgan fingerprint density at radius 3 is 2.50 bits per heavy atom. The molecule has 1 aliphatic rings. The maximum absolute atomic E-state index is 12.3. The van der Waals surface area contributed by atoms with Gasteiger partial charge < -0.3 is 4.74 Å². The van der Waals surface area contributed by atoms with Gasteiger partial charge in [-0.15, -0.1) is 13.2 Å². The predicted molar refractivity (Wildman–Crippen MR) is 59.3 cm³/mol. The van der Waals surface area contributed by atoms with Crippen molar-refractivity contribution < 1.29 is 22.7 Å². The van der Waals surface area contributed by atoms with Gasteiger partial charge in [-0.1, -0.05) is 25.1 Å². The van der Waals surface area contributed by atoms with Gasteiger partial charge in [-0.3, -0.25) is 4.79 Å². The first-order chi connectivity index (χ1) is 8.38. The van der Waals surface area contributed by atoms with Crippen LogP contribution in [0.3, 0.4) is 0 Å². The first-order valence-electron chi connectivity index (χ1n) is 5.76. The van der Waals surface area contributed by atoms with E-state index in [9.17, 15) is 18.0 Å². The minimum atomic E-state index is -4.71. The second kappa shape index (κ2) is 4.63. The molecule has 18 heavy (non-hydrogen) atoms. The quantitative estimate of drug-likeness (QED) is 0.809. The van der Waals surface area contributed by atoms with E-state index in [1.165, 1.54) is 12.1 Å². The molecule has 2 nitrogen and oxygen atoms in total. The molecule has 98 valence electrons. The first kappa shape index (κ1) is 12.9. The van der Waals surface area contributed by atoms with Crippen molar-refractivity contribution in [3.05, 3.63) is 29.8 Å². The van der Waals surface area contributed by atoms with Gasteiger partial charge in [-0.25, -0.2) is 0 Å². The number of carbonyl (C=O) groups is 1. The Labute approximate surface area is 103 Å². The Hall–Kier alpha value is -1.52. The number of hydrogen-bond acceptors (Lipinski definition) is 2. The van der Waals surface area contributed by atoms with Crippen molar-refractivity contribution in [2.75, 3.05) is 0 Å². The summed E-state index contributed by atoms with van der Waals surface area (Å²) in [6.07, 6.45) is -3.70. The van der Waals surface area contributed by atoms with Gasteiger partial charge in [0, 0.05) is 12.3 Å². The van der Waals surface area contributed by atoms with E-state index in [2.05, 4.69) is 4.74 Å². The molecule has 0 heterocycles. The molecule has 1 fully saturated rings. The Morgan fingerprint density at radius 2 is 1.94 bits per heavy atom. The maximum atomic E-state index is 12.3. The van der Waals surface area contributed by atoms with Crippen LogP contribution in [0.2, 0.25) is 0 Å². The molecule has 0 radical (unpaired) electrons. The van der Waals surface area contributed by atoms with Crippen LogP contribution in [-0.4, -0.2) is 12.1 Å². The van der Waals surface area contributed by atoms with Crippen molar-refractivity contribution >= 4 is 5.78 Å². The van der Waals surface area contributed by atoms with Gasteiger partial charge in [0.1, 0.15) is 11.5 Å². The zero-order chi connectivity index (χ0) is 13.3. The summed E-state index contributed by atoms with van der Waals surface area (Å²) >= 11 is 0. The molecule has 1 saturated carbocycles. The number of rotatable bonds is 2. The normalized spacial score (nSPS) is 24.3. The number of benzene rings is 1. The standard InChI is InChI=1S/C13H13F3O2/c1-8-9(6-7-11(8)17)10-4-2-3-5-12(10)18-13(14,15)16/h2-5,8-9H,6-7H2,1H3. The molecule has 1 aromatic rings. The lowest BCUT2D eigenvalue weighted by Crippen LogP contribution is -2.19. The molecule has 0 saturated heterocycles. The van der Waals surface area contributed by atoms with Crippen LogP contribution in [0.5, 0.6) is 5.75 Å². The first-order valence-corrected chi connectivity index (χ1v) is 5.76. The fraction of sp³-hybridized carbons (Fsp3) is 0.462. The van der Waals surface area contributed by atoms with Crippen molar-refractivity contribution in [1.29, 1.82) is 0 Å². The second-order valence-electron chi connectivity index (χ2n) is 4.49. The number of para-hydroxylation sites is 1. The van der Waals surface area contributed by atoms with Gasteiger partial charge in [-0.2, -0.15) is 0 Å². The Morgan fingerprint density at radius 1 is 1.28 bits per heavy atom. The van der Waals surface area contributed by atoms with Crippen LogP contribution in [0.25, 0.3) is 0 Å². The van der Waals surface area contributed by atoms with Gasteiger partial charge in [0.2, 0.25) is 0 Å². The number of Topliss-reactive ketones (excluding diaryl/α,β-unsaturated/α-hetero) is 1. The molecule has 0 aliphatic heterocycles. The van der Waals surface area contributed by atoms with E-state index in [0.29, 0.717) is 18.4 Å². The van der Waals surface area contributed by atoms with Gasteiger partial charge >= 0.3 is 6.36 Å². The summed E-state index contributed by atoms with van der Waals surface area (Å²) in [6.45, 7) is 1.75. The van der Waals surface area contributed by atoms with Crippen LogP contribution < -0.4 is 4.74 Å². The molecule has 1 aromatic carbocycles. The highest BCUT2D eigenvalue weighted by molar-refractivity contribution is 5.84. The smallest absolute Gasteiger partial charge is 0.405 e. The molecule has 2 atom stereocenters. The lowest BCUT2D eigenvalue weighted by molar-refractivity contribution is -0.275. The number of hydrogen-bond donors (Lipinski definition) is 0. The fourth-order valence-corrected chi connectivity index (χ4v) is 2.43. The highest BCUT2D eigenvalue weighted by atomic mass is 19.4. The van der Waals surface area contributed by atoms with Gasteiger partial charge in [0.15, 0.2) is 0 Å². The second-order valence-corrected chi connectivity index (χ2v) is 4.49. The molecule has 1 aliphatic carbocycles. The molecule has 5 heteroatoms. The third-order valence-corrected chi connectivity index (χ3v) is 3.36. The number of ketones is 1. The minimum Gasteiger partial charge on any atom is -0.405 e. The summed E-state index contributed by atoms with van der Waals surface area (Å²) in [6, 6.07) is 6.04. The highest BCUT2D eigenvalue weighted by Gasteiger charge is 2.37. The third-order valence-electron chi connectivity index (χ3n) is 3.36. The molecule has 0 amide bonds. The average Bonchev–Trinajstić information content (AvgIpc) is 2.59. The number of alkyl halides is 3. The lowest BCUT2D eigenvalue weighted by atomic mass is 9.89. The molecule has 2 unspecified atom stereocenters. The summed E-state index contributed by atoms with van der Waals surface area (Å²) in [5, 5.41) is 0. The number of ether oxygens (including phenoxy) is 1. The van der Waals surface area contributed by atoms with Gasteiger partial charge in [-0.05, 0) is 24.0 Å². The summed E-state index contributed by atoms with van der Waals surface area (Å²) < 4.78 is 40.9. The lowest BCUT2D eigenvalue weighted by Gasteiger charge is -2.19. The summed E-state index contributed by atoms with van der Waals surface area (Å²) in [4.78, 5) is 11.5. The van der Waals surface area contributed by atoms with Crippen molar-refractivity contribution in [1.82, 2.24) is 0 Å². The highest BCUT2D eigenvalue weighted by Crippen LogP contribution is 2.42. The molecular weight excluding hydrogens is 245 g/mol. The van der Waals surface area contributed by atoms with E-state index < -0.39 is 6.36 Å². The van der Waals surface area contributed by atoms with Crippen LogP contribution in [-0.2, 0) is 4.79 Å². The van der Waals surface area contributed by atoms with Crippen molar-refractivity contribution in [2.24, 2.45) is 5.92 Å². The van der Waals surface area contributed by atoms with E-state index in [1.54, 1.807) is 19.1 Å². The molecule has 0 aromatic heterocycles. The van der Waals surface area contributed by atoms with Gasteiger partial charge in [0.25, 0.3) is 0 Å². The molecular formula is C13H13F3O2. The van der Waals surface area contributed by atoms with E-state index in [1.807, 2.05) is 0 Å². The summed E-state index contributed by atoms with van der Waals surface area (Å²) in [5.41, 5.74) is 0.466. The molecule has 0 spiro atoms. The van der Waals surface area contributed by atoms with Crippen molar-refractivity contribution in [2.45, 2.75) is 32.0 Å². The fourth-order valence-electron chi connectivity index (χ4n) is 2.43. The monoisotopic (exact) mass is 258 g/mol. The van der Waals surface area contributed by atoms with Crippen molar-refractivity contribution in [3.8, 4) is 5.75 Å². The topological polar surface area (TPSA) is 26.3 Å². The van der Waals surface area contributed by atoms with Crippen LogP contribution >= 0.6 is 0 Å². The number of carbonyl (C=O) groups excluding carboxylic acids is 1. The average molecular weight is 258 g/mol. The molecule has 0 bridgehead atoms. The summed E-state index contributed by atoms with van der Waals surface area (Å²) in [7, 11) is 0. The van der Waals surface area contributed by atoms with Crippen LogP contribution in [0.1, 0.15) is 31.2 Å². The van der Waals surface area contributed by atoms with Crippen LogP contribution in [0.4, 0.5) is 13.2 Å². The number of halogens is 3. The summed E-state index contributed by atoms with van der Waals surface area (Å²) in [5.74, 6) is -0.530. The SMILES string of the molecule is CC1C(=O)CCC1c1ccccc1OC(F)(F)F. The molecule has 0 N–H and O–H groups in total. The zero-order valence-corrected chi connectivity index (χ0v) is 9.83.